The molecule has 0 aromatic heterocycles. The zero-order valence-electron chi connectivity index (χ0n) is 8.22. The van der Waals surface area contributed by atoms with Crippen LogP contribution < -0.4 is 4.74 Å². The molecule has 3 nitrogen and oxygen atoms in total. The van der Waals surface area contributed by atoms with E-state index in [1.54, 1.807) is 0 Å². The van der Waals surface area contributed by atoms with Crippen LogP contribution in [0.3, 0.4) is 0 Å². The molecular weight excluding hydrogens is 187 g/mol. The number of ether oxygens (including phenoxy) is 1. The Labute approximate surface area is 81.1 Å². The zero-order chi connectivity index (χ0) is 10.9. The van der Waals surface area contributed by atoms with Crippen LogP contribution in [0.25, 0.3) is 0 Å². The summed E-state index contributed by atoms with van der Waals surface area (Å²) in [6, 6.07) is 0. The van der Waals surface area contributed by atoms with Gasteiger partial charge in [-0.05, 0) is 19.4 Å². The molecule has 76 valence electrons. The summed E-state index contributed by atoms with van der Waals surface area (Å²) < 4.78 is 18.3. The Hall–Kier alpha value is -1.58. The van der Waals surface area contributed by atoms with Gasteiger partial charge < -0.3 is 9.84 Å². The van der Waals surface area contributed by atoms with Crippen molar-refractivity contribution in [3.05, 3.63) is 22.5 Å². The first-order chi connectivity index (χ1) is 6.54. The van der Waals surface area contributed by atoms with Crippen molar-refractivity contribution in [3.63, 3.8) is 0 Å². The maximum atomic E-state index is 13.5. The number of carbonyl (C=O) groups excluding carboxylic acids is 1. The molecule has 0 bridgehead atoms. The smallest absolute Gasteiger partial charge is 0.169 e. The Kier molecular flexibility index (Phi) is 2.74. The molecule has 0 fully saturated rings. The quantitative estimate of drug-likeness (QED) is 0.739. The Morgan fingerprint density at radius 3 is 2.36 bits per heavy atom. The van der Waals surface area contributed by atoms with Crippen LogP contribution in [0.1, 0.15) is 21.5 Å². The Morgan fingerprint density at radius 2 is 1.93 bits per heavy atom. The van der Waals surface area contributed by atoms with Crippen molar-refractivity contribution < 1.29 is 19.0 Å². The van der Waals surface area contributed by atoms with Crippen molar-refractivity contribution in [1.82, 2.24) is 0 Å². The fraction of sp³-hybridized carbons (Fsp3) is 0.300. The number of phenols is 1. The highest BCUT2D eigenvalue weighted by Crippen LogP contribution is 2.36. The summed E-state index contributed by atoms with van der Waals surface area (Å²) in [5.74, 6) is -0.823. The van der Waals surface area contributed by atoms with Crippen molar-refractivity contribution in [1.29, 1.82) is 0 Å². The van der Waals surface area contributed by atoms with Crippen LogP contribution in [0.5, 0.6) is 11.5 Å². The third-order valence-corrected chi connectivity index (χ3v) is 2.20. The summed E-state index contributed by atoms with van der Waals surface area (Å²) in [6.07, 6.45) is 0.412. The summed E-state index contributed by atoms with van der Waals surface area (Å²) in [5.41, 5.74) is 0.272. The molecule has 0 amide bonds. The largest absolute Gasteiger partial charge is 0.504 e. The van der Waals surface area contributed by atoms with Crippen LogP contribution in [-0.4, -0.2) is 18.5 Å². The molecule has 14 heavy (non-hydrogen) atoms. The van der Waals surface area contributed by atoms with E-state index in [-0.39, 0.29) is 28.2 Å². The van der Waals surface area contributed by atoms with Gasteiger partial charge in [-0.3, -0.25) is 4.79 Å². The van der Waals surface area contributed by atoms with Crippen LogP contribution in [0, 0.1) is 19.7 Å². The molecule has 0 unspecified atom stereocenters. The van der Waals surface area contributed by atoms with E-state index in [1.165, 1.54) is 21.0 Å². The van der Waals surface area contributed by atoms with Gasteiger partial charge in [-0.2, -0.15) is 0 Å². The lowest BCUT2D eigenvalue weighted by molar-refractivity contribution is 0.111. The standard InChI is InChI=1S/C10H11FO3/c1-5-7(4-12)9(13)10(14-3)6(2)8(5)11/h4,13H,1-3H3. The van der Waals surface area contributed by atoms with Gasteiger partial charge in [0.15, 0.2) is 17.8 Å². The van der Waals surface area contributed by atoms with E-state index >= 15 is 0 Å². The Bertz CT molecular complexity index is 386. The highest BCUT2D eigenvalue weighted by molar-refractivity contribution is 5.84. The summed E-state index contributed by atoms with van der Waals surface area (Å²) in [4.78, 5) is 10.6. The summed E-state index contributed by atoms with van der Waals surface area (Å²) in [7, 11) is 1.31. The Balaban J connectivity index is 3.64. The fourth-order valence-corrected chi connectivity index (χ4v) is 1.37. The van der Waals surface area contributed by atoms with E-state index in [4.69, 9.17) is 4.74 Å². The highest BCUT2D eigenvalue weighted by atomic mass is 19.1. The topological polar surface area (TPSA) is 46.5 Å². The monoisotopic (exact) mass is 198 g/mol. The first-order valence-electron chi connectivity index (χ1n) is 4.05. The number of halogens is 1. The minimum atomic E-state index is -0.526. The number of carbonyl (C=O) groups is 1. The van der Waals surface area contributed by atoms with Crippen molar-refractivity contribution in [3.8, 4) is 11.5 Å². The van der Waals surface area contributed by atoms with Gasteiger partial charge in [0.2, 0.25) is 0 Å². The minimum absolute atomic E-state index is 0.00944. The first kappa shape index (κ1) is 10.5. The Morgan fingerprint density at radius 1 is 1.36 bits per heavy atom. The van der Waals surface area contributed by atoms with Crippen molar-refractivity contribution in [2.45, 2.75) is 13.8 Å². The number of hydrogen-bond acceptors (Lipinski definition) is 3. The predicted octanol–water partition coefficient (Wildman–Crippen LogP) is 1.97. The fourth-order valence-electron chi connectivity index (χ4n) is 1.37. The number of aromatic hydroxyl groups is 1. The number of aldehydes is 1. The maximum Gasteiger partial charge on any atom is 0.169 e. The molecule has 0 spiro atoms. The number of hydrogen-bond donors (Lipinski definition) is 1. The van der Waals surface area contributed by atoms with Crippen molar-refractivity contribution in [2.24, 2.45) is 0 Å². The second-order valence-corrected chi connectivity index (χ2v) is 2.98. The summed E-state index contributed by atoms with van der Waals surface area (Å²) in [5, 5.41) is 9.55. The number of rotatable bonds is 2. The highest BCUT2D eigenvalue weighted by Gasteiger charge is 2.19. The summed E-state index contributed by atoms with van der Waals surface area (Å²) in [6.45, 7) is 2.92. The number of methoxy groups -OCH3 is 1. The molecule has 0 aliphatic carbocycles. The lowest BCUT2D eigenvalue weighted by Crippen LogP contribution is -2.00. The van der Waals surface area contributed by atoms with Gasteiger partial charge >= 0.3 is 0 Å². The molecule has 4 heteroatoms. The molecule has 0 heterocycles. The third kappa shape index (κ3) is 1.32. The van der Waals surface area contributed by atoms with Gasteiger partial charge in [0, 0.05) is 5.56 Å². The molecule has 1 rings (SSSR count). The molecule has 0 atom stereocenters. The van der Waals surface area contributed by atoms with Gasteiger partial charge in [0.1, 0.15) is 5.82 Å². The van der Waals surface area contributed by atoms with Crippen molar-refractivity contribution >= 4 is 6.29 Å². The van der Waals surface area contributed by atoms with Gasteiger partial charge in [-0.25, -0.2) is 4.39 Å². The predicted molar refractivity (Wildman–Crippen MR) is 49.5 cm³/mol. The average molecular weight is 198 g/mol. The number of phenolic OH excluding ortho intramolecular Hbond substituents is 1. The lowest BCUT2D eigenvalue weighted by atomic mass is 10.0. The lowest BCUT2D eigenvalue weighted by Gasteiger charge is -2.12. The molecule has 1 aromatic carbocycles. The minimum Gasteiger partial charge on any atom is -0.504 e. The van der Waals surface area contributed by atoms with Gasteiger partial charge in [0.05, 0.1) is 12.7 Å². The van der Waals surface area contributed by atoms with Crippen LogP contribution in [0.4, 0.5) is 4.39 Å². The molecular formula is C10H11FO3. The van der Waals surface area contributed by atoms with Crippen molar-refractivity contribution in [2.75, 3.05) is 7.11 Å². The molecule has 1 aromatic rings. The molecule has 0 saturated heterocycles. The van der Waals surface area contributed by atoms with E-state index < -0.39 is 5.82 Å². The van der Waals surface area contributed by atoms with E-state index in [2.05, 4.69) is 0 Å². The molecule has 1 N–H and O–H groups in total. The molecule has 0 aliphatic heterocycles. The van der Waals surface area contributed by atoms with E-state index in [1.807, 2.05) is 0 Å². The van der Waals surface area contributed by atoms with Crippen LogP contribution in [0.15, 0.2) is 0 Å². The van der Waals surface area contributed by atoms with E-state index in [0.29, 0.717) is 6.29 Å². The van der Waals surface area contributed by atoms with Gasteiger partial charge in [-0.1, -0.05) is 0 Å². The summed E-state index contributed by atoms with van der Waals surface area (Å²) >= 11 is 0. The maximum absolute atomic E-state index is 13.5. The van der Waals surface area contributed by atoms with E-state index in [9.17, 15) is 14.3 Å². The molecule has 0 radical (unpaired) electrons. The van der Waals surface area contributed by atoms with E-state index in [0.717, 1.165) is 0 Å². The average Bonchev–Trinajstić information content (AvgIpc) is 2.16. The number of benzene rings is 1. The molecule has 0 aliphatic rings. The molecule has 0 saturated carbocycles. The second kappa shape index (κ2) is 3.65. The van der Waals surface area contributed by atoms with Crippen LogP contribution in [0.2, 0.25) is 0 Å². The van der Waals surface area contributed by atoms with Gasteiger partial charge in [-0.15, -0.1) is 0 Å². The van der Waals surface area contributed by atoms with Crippen LogP contribution >= 0.6 is 0 Å². The third-order valence-electron chi connectivity index (χ3n) is 2.20. The zero-order valence-corrected chi connectivity index (χ0v) is 8.22. The normalized spacial score (nSPS) is 10.0. The second-order valence-electron chi connectivity index (χ2n) is 2.98. The first-order valence-corrected chi connectivity index (χ1v) is 4.05. The van der Waals surface area contributed by atoms with Gasteiger partial charge in [0.25, 0.3) is 0 Å². The SMILES string of the molecule is COc1c(C)c(F)c(C)c(C=O)c1O. The van der Waals surface area contributed by atoms with Crippen LogP contribution in [-0.2, 0) is 0 Å².